The monoisotopic (exact) mass is 181 g/mol. The van der Waals surface area contributed by atoms with Crippen molar-refractivity contribution in [1.82, 2.24) is 4.83 Å². The van der Waals surface area contributed by atoms with Crippen LogP contribution in [0.3, 0.4) is 0 Å². The van der Waals surface area contributed by atoms with E-state index in [1.54, 1.807) is 0 Å². The van der Waals surface area contributed by atoms with Crippen molar-refractivity contribution >= 4 is 10.0 Å². The maximum absolute atomic E-state index is 10.8. The lowest BCUT2D eigenvalue weighted by atomic mass is 10.5. The fourth-order valence-corrected chi connectivity index (χ4v) is 1.81. The smallest absolute Gasteiger partial charge is 0.235 e. The van der Waals surface area contributed by atoms with Gasteiger partial charge < -0.3 is 0 Å². The molecule has 0 amide bonds. The van der Waals surface area contributed by atoms with Crippen LogP contribution in [-0.4, -0.2) is 39.4 Å². The van der Waals surface area contributed by atoms with Gasteiger partial charge in [0.2, 0.25) is 0 Å². The Morgan fingerprint density at radius 2 is 1.64 bits per heavy atom. The first-order valence-electron chi connectivity index (χ1n) is 3.66. The van der Waals surface area contributed by atoms with Crippen LogP contribution in [-0.2, 0) is 10.0 Å². The third-order valence-electron chi connectivity index (χ3n) is 1.78. The van der Waals surface area contributed by atoms with Gasteiger partial charge in [0.15, 0.2) is 0 Å². The quantitative estimate of drug-likeness (QED) is 0.488. The second kappa shape index (κ2) is 3.51. The SMILES string of the molecule is CC[N+](C)(CC)NS(C)(=O)=O. The summed E-state index contributed by atoms with van der Waals surface area (Å²) in [6.07, 6.45) is 1.18. The van der Waals surface area contributed by atoms with Crippen molar-refractivity contribution in [2.24, 2.45) is 0 Å². The summed E-state index contributed by atoms with van der Waals surface area (Å²) in [4.78, 5) is 2.54. The third kappa shape index (κ3) is 4.34. The normalized spacial score (nSPS) is 13.5. The fraction of sp³-hybridized carbons (Fsp3) is 1.00. The highest BCUT2D eigenvalue weighted by molar-refractivity contribution is 7.88. The van der Waals surface area contributed by atoms with Crippen LogP contribution in [0.15, 0.2) is 0 Å². The number of nitrogens with one attached hydrogen (secondary N) is 1. The van der Waals surface area contributed by atoms with Crippen LogP contribution in [0.2, 0.25) is 0 Å². The molecular formula is C6H17N2O2S+. The van der Waals surface area contributed by atoms with Crippen LogP contribution in [0.5, 0.6) is 0 Å². The molecule has 0 heterocycles. The lowest BCUT2D eigenvalue weighted by Crippen LogP contribution is -2.56. The third-order valence-corrected chi connectivity index (χ3v) is 2.55. The second-order valence-electron chi connectivity index (χ2n) is 2.89. The van der Waals surface area contributed by atoms with Crippen molar-refractivity contribution in [3.05, 3.63) is 0 Å². The summed E-state index contributed by atoms with van der Waals surface area (Å²) in [5.74, 6) is 0. The Labute approximate surface area is 68.8 Å². The van der Waals surface area contributed by atoms with E-state index in [4.69, 9.17) is 0 Å². The number of quaternary nitrogens is 1. The summed E-state index contributed by atoms with van der Waals surface area (Å²) in [5.41, 5.74) is 0. The number of hydrogen-bond acceptors (Lipinski definition) is 2. The topological polar surface area (TPSA) is 46.2 Å². The van der Waals surface area contributed by atoms with Crippen molar-refractivity contribution < 1.29 is 13.0 Å². The molecule has 0 rings (SSSR count). The molecule has 1 N–H and O–H groups in total. The van der Waals surface area contributed by atoms with Gasteiger partial charge in [-0.05, 0) is 13.8 Å². The maximum Gasteiger partial charge on any atom is 0.250 e. The van der Waals surface area contributed by atoms with Crippen LogP contribution >= 0.6 is 0 Å². The molecule has 68 valence electrons. The summed E-state index contributed by atoms with van der Waals surface area (Å²) in [5, 5.41) is 0. The molecule has 0 radical (unpaired) electrons. The van der Waals surface area contributed by atoms with Crippen molar-refractivity contribution in [2.45, 2.75) is 13.8 Å². The highest BCUT2D eigenvalue weighted by atomic mass is 32.2. The summed E-state index contributed by atoms with van der Waals surface area (Å²) in [6, 6.07) is 0. The highest BCUT2D eigenvalue weighted by Gasteiger charge is 2.21. The average Bonchev–Trinajstić information content (AvgIpc) is 1.84. The predicted molar refractivity (Wildman–Crippen MR) is 45.2 cm³/mol. The maximum atomic E-state index is 10.8. The standard InChI is InChI=1S/C6H17N2O2S/c1-5-8(3,6-2)7-11(4,9)10/h7H,5-6H2,1-4H3/q+1. The molecule has 0 aromatic heterocycles. The lowest BCUT2D eigenvalue weighted by Gasteiger charge is -2.29. The molecule has 0 aliphatic heterocycles. The Kier molecular flexibility index (Phi) is 3.47. The van der Waals surface area contributed by atoms with E-state index in [0.717, 1.165) is 13.1 Å². The molecule has 0 aromatic rings. The minimum atomic E-state index is -3.08. The van der Waals surface area contributed by atoms with Crippen molar-refractivity contribution in [3.63, 3.8) is 0 Å². The first kappa shape index (κ1) is 10.9. The Balaban J connectivity index is 4.32. The summed E-state index contributed by atoms with van der Waals surface area (Å²) in [7, 11) is -1.24. The molecule has 0 aromatic carbocycles. The van der Waals surface area contributed by atoms with Crippen molar-refractivity contribution in [3.8, 4) is 0 Å². The van der Waals surface area contributed by atoms with Crippen LogP contribution in [0, 0.1) is 0 Å². The first-order chi connectivity index (χ1) is 4.83. The van der Waals surface area contributed by atoms with Gasteiger partial charge in [0, 0.05) is 0 Å². The zero-order chi connectivity index (χ0) is 9.12. The first-order valence-corrected chi connectivity index (χ1v) is 5.55. The van der Waals surface area contributed by atoms with Gasteiger partial charge in [0.25, 0.3) is 10.0 Å². The van der Waals surface area contributed by atoms with E-state index in [9.17, 15) is 8.42 Å². The molecule has 11 heavy (non-hydrogen) atoms. The second-order valence-corrected chi connectivity index (χ2v) is 4.62. The van der Waals surface area contributed by atoms with Crippen molar-refractivity contribution in [1.29, 1.82) is 0 Å². The van der Waals surface area contributed by atoms with Gasteiger partial charge in [-0.2, -0.15) is 0 Å². The predicted octanol–water partition coefficient (Wildman–Crippen LogP) is -0.0630. The Hall–Kier alpha value is -0.130. The molecule has 0 unspecified atom stereocenters. The molecule has 0 saturated carbocycles. The minimum Gasteiger partial charge on any atom is -0.235 e. The molecule has 0 fully saturated rings. The van der Waals surface area contributed by atoms with Crippen LogP contribution in [0.25, 0.3) is 0 Å². The number of hydrogen-bond donors (Lipinski definition) is 1. The van der Waals surface area contributed by atoms with Crippen LogP contribution in [0.4, 0.5) is 0 Å². The van der Waals surface area contributed by atoms with Crippen molar-refractivity contribution in [2.75, 3.05) is 26.4 Å². The molecule has 0 bridgehead atoms. The zero-order valence-corrected chi connectivity index (χ0v) is 8.40. The fourth-order valence-electron chi connectivity index (χ4n) is 0.753. The molecule has 0 aliphatic rings. The van der Waals surface area contributed by atoms with E-state index in [2.05, 4.69) is 4.83 Å². The molecule has 4 nitrogen and oxygen atoms in total. The summed E-state index contributed by atoms with van der Waals surface area (Å²) >= 11 is 0. The lowest BCUT2D eigenvalue weighted by molar-refractivity contribution is -0.935. The number of rotatable bonds is 4. The molecule has 0 aliphatic carbocycles. The van der Waals surface area contributed by atoms with Gasteiger partial charge in [-0.3, -0.25) is 0 Å². The Morgan fingerprint density at radius 1 is 1.27 bits per heavy atom. The van der Waals surface area contributed by atoms with E-state index >= 15 is 0 Å². The van der Waals surface area contributed by atoms with E-state index in [0.29, 0.717) is 4.59 Å². The van der Waals surface area contributed by atoms with Gasteiger partial charge in [0.1, 0.15) is 0 Å². The van der Waals surface area contributed by atoms with Gasteiger partial charge in [-0.1, -0.05) is 4.83 Å². The molecular weight excluding hydrogens is 164 g/mol. The zero-order valence-electron chi connectivity index (χ0n) is 7.59. The molecule has 5 heteroatoms. The van der Waals surface area contributed by atoms with Gasteiger partial charge in [-0.25, -0.2) is 13.0 Å². The van der Waals surface area contributed by atoms with E-state index in [-0.39, 0.29) is 0 Å². The molecule has 0 saturated heterocycles. The number of nitrogens with zero attached hydrogens (tertiary/aromatic N) is 1. The largest absolute Gasteiger partial charge is 0.250 e. The average molecular weight is 181 g/mol. The van der Waals surface area contributed by atoms with E-state index < -0.39 is 10.0 Å². The van der Waals surface area contributed by atoms with E-state index in [1.165, 1.54) is 6.26 Å². The molecule has 0 atom stereocenters. The number of sulfonamides is 1. The van der Waals surface area contributed by atoms with Gasteiger partial charge in [0.05, 0.1) is 26.4 Å². The minimum absolute atomic E-state index is 0.360. The highest BCUT2D eigenvalue weighted by Crippen LogP contribution is 1.96. The van der Waals surface area contributed by atoms with Crippen LogP contribution < -0.4 is 4.83 Å². The Morgan fingerprint density at radius 3 is 1.73 bits per heavy atom. The van der Waals surface area contributed by atoms with Crippen LogP contribution in [0.1, 0.15) is 13.8 Å². The summed E-state index contributed by atoms with van der Waals surface area (Å²) < 4.78 is 22.0. The Bertz CT molecular complexity index is 207. The van der Waals surface area contributed by atoms with Gasteiger partial charge >= 0.3 is 0 Å². The van der Waals surface area contributed by atoms with E-state index in [1.807, 2.05) is 20.9 Å². The molecule has 0 spiro atoms. The summed E-state index contributed by atoms with van der Waals surface area (Å²) in [6.45, 7) is 5.40. The van der Waals surface area contributed by atoms with Gasteiger partial charge in [-0.15, -0.1) is 0 Å².